The lowest BCUT2D eigenvalue weighted by molar-refractivity contribution is 0.284. The van der Waals surface area contributed by atoms with Crippen LogP contribution in [0.4, 0.5) is 0 Å². The summed E-state index contributed by atoms with van der Waals surface area (Å²) >= 11 is 5.04. The summed E-state index contributed by atoms with van der Waals surface area (Å²) in [5, 5.41) is 13.8. The van der Waals surface area contributed by atoms with Crippen LogP contribution in [0.2, 0.25) is 0 Å². The third-order valence-corrected chi connectivity index (χ3v) is 6.32. The zero-order chi connectivity index (χ0) is 23.0. The molecule has 0 aliphatic rings. The second-order valence-corrected chi connectivity index (χ2v) is 9.04. The van der Waals surface area contributed by atoms with E-state index in [-0.39, 0.29) is 0 Å². The zero-order valence-electron chi connectivity index (χ0n) is 18.3. The maximum absolute atomic E-state index is 5.96. The standard InChI is InChI=1S/C25H23BrN4O2S/c1-18-28-29-25(33-17-20-6-4-3-5-7-20)30(18)27-15-21-10-13-23(24(14-21)31-2)32-16-19-8-11-22(26)12-9-19/h3-15H,16-17H2,1-2H3/b27-15+. The first-order valence-corrected chi connectivity index (χ1v) is 12.1. The molecular formula is C25H23BrN4O2S. The maximum atomic E-state index is 5.96. The van der Waals surface area contributed by atoms with Crippen molar-refractivity contribution in [3.8, 4) is 11.5 Å². The summed E-state index contributed by atoms with van der Waals surface area (Å²) in [6, 6.07) is 24.0. The summed E-state index contributed by atoms with van der Waals surface area (Å²) in [6.07, 6.45) is 1.77. The minimum Gasteiger partial charge on any atom is -0.493 e. The molecule has 0 fully saturated rings. The van der Waals surface area contributed by atoms with Gasteiger partial charge in [0.1, 0.15) is 6.61 Å². The number of rotatable bonds is 9. The zero-order valence-corrected chi connectivity index (χ0v) is 20.7. The van der Waals surface area contributed by atoms with Crippen molar-refractivity contribution in [3.63, 3.8) is 0 Å². The molecule has 0 N–H and O–H groups in total. The lowest BCUT2D eigenvalue weighted by Crippen LogP contribution is -1.99. The van der Waals surface area contributed by atoms with Crippen LogP contribution < -0.4 is 9.47 Å². The third-order valence-electron chi connectivity index (χ3n) is 4.80. The molecule has 0 atom stereocenters. The van der Waals surface area contributed by atoms with E-state index in [0.717, 1.165) is 32.3 Å². The van der Waals surface area contributed by atoms with Crippen molar-refractivity contribution < 1.29 is 9.47 Å². The molecule has 0 bridgehead atoms. The number of benzene rings is 3. The summed E-state index contributed by atoms with van der Waals surface area (Å²) in [6.45, 7) is 2.34. The quantitative estimate of drug-likeness (QED) is 0.196. The Hall–Kier alpha value is -3.10. The molecule has 0 saturated carbocycles. The van der Waals surface area contributed by atoms with Crippen LogP contribution in [0.25, 0.3) is 0 Å². The normalized spacial score (nSPS) is 11.1. The predicted molar refractivity (Wildman–Crippen MR) is 135 cm³/mol. The summed E-state index contributed by atoms with van der Waals surface area (Å²) in [4.78, 5) is 0. The van der Waals surface area contributed by atoms with Crippen molar-refractivity contribution in [3.05, 3.63) is 99.8 Å². The van der Waals surface area contributed by atoms with Crippen molar-refractivity contribution >= 4 is 33.9 Å². The van der Waals surface area contributed by atoms with Gasteiger partial charge in [0.2, 0.25) is 5.16 Å². The van der Waals surface area contributed by atoms with Gasteiger partial charge < -0.3 is 9.47 Å². The van der Waals surface area contributed by atoms with Crippen LogP contribution >= 0.6 is 27.7 Å². The summed E-state index contributed by atoms with van der Waals surface area (Å²) in [5.74, 6) is 2.85. The number of hydrogen-bond acceptors (Lipinski definition) is 6. The highest BCUT2D eigenvalue weighted by atomic mass is 79.9. The van der Waals surface area contributed by atoms with Gasteiger partial charge in [-0.2, -0.15) is 9.78 Å². The van der Waals surface area contributed by atoms with Crippen molar-refractivity contribution in [2.45, 2.75) is 24.4 Å². The second kappa shape index (κ2) is 11.2. The number of thioether (sulfide) groups is 1. The molecule has 0 spiro atoms. The molecule has 4 aromatic rings. The van der Waals surface area contributed by atoms with Crippen molar-refractivity contribution in [2.24, 2.45) is 5.10 Å². The highest BCUT2D eigenvalue weighted by Gasteiger charge is 2.10. The Morgan fingerprint density at radius 2 is 1.76 bits per heavy atom. The topological polar surface area (TPSA) is 61.5 Å². The molecule has 1 heterocycles. The molecule has 4 rings (SSSR count). The molecule has 0 aliphatic heterocycles. The fourth-order valence-corrected chi connectivity index (χ4v) is 4.19. The third kappa shape index (κ3) is 6.24. The van der Waals surface area contributed by atoms with Gasteiger partial charge in [0.05, 0.1) is 13.3 Å². The van der Waals surface area contributed by atoms with Gasteiger partial charge >= 0.3 is 0 Å². The SMILES string of the molecule is COc1cc(/C=N/n2c(C)nnc2SCc2ccccc2)ccc1OCc1ccc(Br)cc1. The Morgan fingerprint density at radius 1 is 0.970 bits per heavy atom. The Morgan fingerprint density at radius 3 is 2.52 bits per heavy atom. The number of nitrogens with zero attached hydrogens (tertiary/aromatic N) is 4. The average Bonchev–Trinajstić information content (AvgIpc) is 3.21. The van der Waals surface area contributed by atoms with Crippen LogP contribution in [0.15, 0.2) is 87.5 Å². The Labute approximate surface area is 205 Å². The second-order valence-electron chi connectivity index (χ2n) is 7.19. The number of aryl methyl sites for hydroxylation is 1. The predicted octanol–water partition coefficient (Wildman–Crippen LogP) is 6.11. The highest BCUT2D eigenvalue weighted by Crippen LogP contribution is 2.29. The van der Waals surface area contributed by atoms with Gasteiger partial charge in [-0.15, -0.1) is 10.2 Å². The molecule has 1 aromatic heterocycles. The van der Waals surface area contributed by atoms with Crippen molar-refractivity contribution in [1.82, 2.24) is 14.9 Å². The molecule has 0 unspecified atom stereocenters. The number of ether oxygens (including phenoxy) is 2. The smallest absolute Gasteiger partial charge is 0.212 e. The summed E-state index contributed by atoms with van der Waals surface area (Å²) < 4.78 is 14.3. The minimum absolute atomic E-state index is 0.457. The van der Waals surface area contributed by atoms with Crippen LogP contribution in [-0.4, -0.2) is 28.2 Å². The molecule has 33 heavy (non-hydrogen) atoms. The van der Waals surface area contributed by atoms with Crippen LogP contribution in [0.1, 0.15) is 22.5 Å². The van der Waals surface area contributed by atoms with Crippen molar-refractivity contribution in [1.29, 1.82) is 0 Å². The number of hydrogen-bond donors (Lipinski definition) is 0. The molecule has 8 heteroatoms. The van der Waals surface area contributed by atoms with E-state index in [4.69, 9.17) is 9.47 Å². The first-order chi connectivity index (χ1) is 16.1. The molecule has 6 nitrogen and oxygen atoms in total. The summed E-state index contributed by atoms with van der Waals surface area (Å²) in [5.41, 5.74) is 3.19. The van der Waals surface area contributed by atoms with Gasteiger partial charge in [-0.1, -0.05) is 70.2 Å². The molecule has 0 radical (unpaired) electrons. The van der Waals surface area contributed by atoms with Gasteiger partial charge in [-0.05, 0) is 53.9 Å². The van der Waals surface area contributed by atoms with Gasteiger partial charge in [0, 0.05) is 10.2 Å². The van der Waals surface area contributed by atoms with E-state index >= 15 is 0 Å². The average molecular weight is 523 g/mol. The molecule has 0 amide bonds. The van der Waals surface area contributed by atoms with E-state index < -0.39 is 0 Å². The van der Waals surface area contributed by atoms with E-state index in [2.05, 4.69) is 43.4 Å². The Bertz CT molecular complexity index is 1230. The van der Waals surface area contributed by atoms with E-state index in [9.17, 15) is 0 Å². The molecule has 0 saturated heterocycles. The van der Waals surface area contributed by atoms with Crippen molar-refractivity contribution in [2.75, 3.05) is 7.11 Å². The largest absolute Gasteiger partial charge is 0.493 e. The number of aromatic nitrogens is 3. The van der Waals surface area contributed by atoms with Gasteiger partial charge in [0.25, 0.3) is 0 Å². The highest BCUT2D eigenvalue weighted by molar-refractivity contribution is 9.10. The Balaban J connectivity index is 1.45. The van der Waals surface area contributed by atoms with Crippen LogP contribution in [-0.2, 0) is 12.4 Å². The number of halogens is 1. The maximum Gasteiger partial charge on any atom is 0.212 e. The van der Waals surface area contributed by atoms with E-state index in [1.807, 2.05) is 67.6 Å². The fraction of sp³-hybridized carbons (Fsp3) is 0.160. The minimum atomic E-state index is 0.457. The van der Waals surface area contributed by atoms with E-state index in [1.165, 1.54) is 5.56 Å². The molecule has 3 aromatic carbocycles. The van der Waals surface area contributed by atoms with Crippen LogP contribution in [0, 0.1) is 6.92 Å². The lowest BCUT2D eigenvalue weighted by Gasteiger charge is -2.11. The van der Waals surface area contributed by atoms with E-state index in [0.29, 0.717) is 18.1 Å². The van der Waals surface area contributed by atoms with Gasteiger partial charge in [-0.3, -0.25) is 0 Å². The van der Waals surface area contributed by atoms with E-state index in [1.54, 1.807) is 29.8 Å². The molecular weight excluding hydrogens is 500 g/mol. The fourth-order valence-electron chi connectivity index (χ4n) is 3.03. The molecule has 168 valence electrons. The number of methoxy groups -OCH3 is 1. The monoisotopic (exact) mass is 522 g/mol. The first-order valence-electron chi connectivity index (χ1n) is 10.3. The molecule has 0 aliphatic carbocycles. The Kier molecular flexibility index (Phi) is 7.80. The van der Waals surface area contributed by atoms with Crippen LogP contribution in [0.3, 0.4) is 0 Å². The lowest BCUT2D eigenvalue weighted by atomic mass is 10.2. The van der Waals surface area contributed by atoms with Gasteiger partial charge in [0.15, 0.2) is 17.3 Å². The summed E-state index contributed by atoms with van der Waals surface area (Å²) in [7, 11) is 1.63. The van der Waals surface area contributed by atoms with Crippen LogP contribution in [0.5, 0.6) is 11.5 Å². The first kappa shape index (κ1) is 23.1. The van der Waals surface area contributed by atoms with Gasteiger partial charge in [-0.25, -0.2) is 0 Å².